The predicted molar refractivity (Wildman–Crippen MR) is 65.1 cm³/mol. The Hall–Kier alpha value is -0.560. The summed E-state index contributed by atoms with van der Waals surface area (Å²) in [6.07, 6.45) is 3.80. The lowest BCUT2D eigenvalue weighted by molar-refractivity contribution is 0.610. The van der Waals surface area contributed by atoms with E-state index in [1.165, 1.54) is 36.0 Å². The maximum Gasteiger partial charge on any atom is 0.0245 e. The first-order valence-corrected chi connectivity index (χ1v) is 6.26. The number of alkyl halides is 1. The highest BCUT2D eigenvalue weighted by Crippen LogP contribution is 2.36. The molecule has 0 spiro atoms. The third kappa shape index (κ3) is 1.78. The zero-order chi connectivity index (χ0) is 9.97. The van der Waals surface area contributed by atoms with E-state index in [9.17, 15) is 0 Å². The minimum atomic E-state index is 0.583. The molecule has 0 saturated carbocycles. The summed E-state index contributed by atoms with van der Waals surface area (Å²) >= 11 is 3.50. The van der Waals surface area contributed by atoms with Crippen LogP contribution in [0.2, 0.25) is 0 Å². The Bertz CT molecular complexity index is 341. The molecule has 1 unspecified atom stereocenters. The van der Waals surface area contributed by atoms with Crippen molar-refractivity contribution in [1.82, 2.24) is 0 Å². The van der Waals surface area contributed by atoms with Gasteiger partial charge in [-0.25, -0.2) is 0 Å². The Labute approximate surface area is 94.2 Å². The molecule has 0 heterocycles. The van der Waals surface area contributed by atoms with E-state index in [1.54, 1.807) is 0 Å². The van der Waals surface area contributed by atoms with Gasteiger partial charge in [0, 0.05) is 11.2 Å². The first-order valence-electron chi connectivity index (χ1n) is 5.14. The van der Waals surface area contributed by atoms with E-state index in [4.69, 9.17) is 0 Å². The van der Waals surface area contributed by atoms with Crippen molar-refractivity contribution < 1.29 is 0 Å². The van der Waals surface area contributed by atoms with Gasteiger partial charge < -0.3 is 0 Å². The molecule has 0 amide bonds. The van der Waals surface area contributed by atoms with E-state index < -0.39 is 0 Å². The second-order valence-corrected chi connectivity index (χ2v) is 4.50. The molecule has 1 atom stereocenters. The van der Waals surface area contributed by atoms with E-state index in [0.29, 0.717) is 5.92 Å². The van der Waals surface area contributed by atoms with Crippen LogP contribution < -0.4 is 0 Å². The second kappa shape index (κ2) is 4.31. The van der Waals surface area contributed by atoms with Gasteiger partial charge in [-0.1, -0.05) is 52.3 Å². The van der Waals surface area contributed by atoms with Gasteiger partial charge in [0.2, 0.25) is 0 Å². The van der Waals surface area contributed by atoms with Gasteiger partial charge in [0.05, 0.1) is 0 Å². The SMILES string of the molecule is C=C(CBr)C1CCCc2ccccc21. The molecule has 14 heavy (non-hydrogen) atoms. The van der Waals surface area contributed by atoms with Crippen molar-refractivity contribution in [2.45, 2.75) is 25.2 Å². The molecule has 0 aliphatic heterocycles. The molecular formula is C13H15Br. The first kappa shape index (κ1) is 9.97. The van der Waals surface area contributed by atoms with Crippen molar-refractivity contribution in [3.63, 3.8) is 0 Å². The van der Waals surface area contributed by atoms with Crippen molar-refractivity contribution in [2.75, 3.05) is 5.33 Å². The van der Waals surface area contributed by atoms with Crippen LogP contribution in [0.1, 0.15) is 29.9 Å². The average molecular weight is 251 g/mol. The molecule has 1 aliphatic carbocycles. The van der Waals surface area contributed by atoms with E-state index >= 15 is 0 Å². The molecule has 0 aromatic heterocycles. The van der Waals surface area contributed by atoms with E-state index in [-0.39, 0.29) is 0 Å². The summed E-state index contributed by atoms with van der Waals surface area (Å²) in [6.45, 7) is 4.15. The van der Waals surface area contributed by atoms with Gasteiger partial charge in [0.15, 0.2) is 0 Å². The number of benzene rings is 1. The largest absolute Gasteiger partial charge is 0.0984 e. The normalized spacial score (nSPS) is 20.2. The Morgan fingerprint density at radius 1 is 1.43 bits per heavy atom. The number of allylic oxidation sites excluding steroid dienone is 1. The third-order valence-corrected chi connectivity index (χ3v) is 3.75. The van der Waals surface area contributed by atoms with E-state index in [2.05, 4.69) is 46.8 Å². The number of fused-ring (bicyclic) bond motifs is 1. The van der Waals surface area contributed by atoms with Crippen LogP contribution in [0.15, 0.2) is 36.4 Å². The topological polar surface area (TPSA) is 0 Å². The van der Waals surface area contributed by atoms with Gasteiger partial charge in [-0.05, 0) is 30.4 Å². The highest BCUT2D eigenvalue weighted by Gasteiger charge is 2.20. The fraction of sp³-hybridized carbons (Fsp3) is 0.385. The number of aryl methyl sites for hydroxylation is 1. The monoisotopic (exact) mass is 250 g/mol. The fourth-order valence-corrected chi connectivity index (χ4v) is 2.66. The van der Waals surface area contributed by atoms with Crippen LogP contribution in [0, 0.1) is 0 Å². The molecule has 1 aromatic rings. The van der Waals surface area contributed by atoms with Crippen LogP contribution in [0.4, 0.5) is 0 Å². The van der Waals surface area contributed by atoms with Crippen LogP contribution in [0.25, 0.3) is 0 Å². The highest BCUT2D eigenvalue weighted by molar-refractivity contribution is 9.09. The summed E-state index contributed by atoms with van der Waals surface area (Å²) in [5.41, 5.74) is 4.34. The minimum Gasteiger partial charge on any atom is -0.0984 e. The predicted octanol–water partition coefficient (Wildman–Crippen LogP) is 4.06. The Morgan fingerprint density at radius 2 is 2.21 bits per heavy atom. The maximum atomic E-state index is 4.15. The van der Waals surface area contributed by atoms with Crippen molar-refractivity contribution >= 4 is 15.9 Å². The molecule has 0 radical (unpaired) electrons. The van der Waals surface area contributed by atoms with Gasteiger partial charge >= 0.3 is 0 Å². The average Bonchev–Trinajstić information content (AvgIpc) is 2.27. The van der Waals surface area contributed by atoms with Crippen molar-refractivity contribution in [1.29, 1.82) is 0 Å². The van der Waals surface area contributed by atoms with Crippen LogP contribution >= 0.6 is 15.9 Å². The van der Waals surface area contributed by atoms with Gasteiger partial charge in [-0.2, -0.15) is 0 Å². The molecular weight excluding hydrogens is 236 g/mol. The zero-order valence-electron chi connectivity index (χ0n) is 8.30. The Balaban J connectivity index is 2.35. The Morgan fingerprint density at radius 3 is 3.00 bits per heavy atom. The van der Waals surface area contributed by atoms with Gasteiger partial charge in [-0.15, -0.1) is 0 Å². The summed E-state index contributed by atoms with van der Waals surface area (Å²) in [7, 11) is 0. The zero-order valence-corrected chi connectivity index (χ0v) is 9.89. The molecule has 0 N–H and O–H groups in total. The van der Waals surface area contributed by atoms with Crippen molar-refractivity contribution in [2.24, 2.45) is 0 Å². The summed E-state index contributed by atoms with van der Waals surface area (Å²) in [4.78, 5) is 0. The number of hydrogen-bond donors (Lipinski definition) is 0. The van der Waals surface area contributed by atoms with Crippen LogP contribution in [-0.2, 0) is 6.42 Å². The molecule has 0 fully saturated rings. The first-order chi connectivity index (χ1) is 6.83. The highest BCUT2D eigenvalue weighted by atomic mass is 79.9. The van der Waals surface area contributed by atoms with Crippen molar-refractivity contribution in [3.05, 3.63) is 47.5 Å². The number of hydrogen-bond acceptors (Lipinski definition) is 0. The van der Waals surface area contributed by atoms with Gasteiger partial charge in [0.1, 0.15) is 0 Å². The molecule has 0 saturated heterocycles. The van der Waals surface area contributed by atoms with Crippen molar-refractivity contribution in [3.8, 4) is 0 Å². The van der Waals surface area contributed by atoms with E-state index in [1.807, 2.05) is 0 Å². The lowest BCUT2D eigenvalue weighted by Crippen LogP contribution is -2.11. The summed E-state index contributed by atoms with van der Waals surface area (Å²) < 4.78 is 0. The van der Waals surface area contributed by atoms with Crippen LogP contribution in [-0.4, -0.2) is 5.33 Å². The van der Waals surface area contributed by atoms with Gasteiger partial charge in [0.25, 0.3) is 0 Å². The lowest BCUT2D eigenvalue weighted by atomic mass is 9.80. The molecule has 1 heteroatoms. The summed E-state index contributed by atoms with van der Waals surface area (Å²) in [5, 5.41) is 0.923. The van der Waals surface area contributed by atoms with Gasteiger partial charge in [-0.3, -0.25) is 0 Å². The molecule has 74 valence electrons. The fourth-order valence-electron chi connectivity index (χ4n) is 2.27. The van der Waals surface area contributed by atoms with Crippen LogP contribution in [0.5, 0.6) is 0 Å². The second-order valence-electron chi connectivity index (χ2n) is 3.94. The minimum absolute atomic E-state index is 0.583. The maximum absolute atomic E-state index is 4.15. The molecule has 1 aliphatic rings. The van der Waals surface area contributed by atoms with Crippen LogP contribution in [0.3, 0.4) is 0 Å². The molecule has 2 rings (SSSR count). The standard InChI is InChI=1S/C13H15Br/c1-10(9-14)12-8-4-6-11-5-2-3-7-13(11)12/h2-3,5,7,12H,1,4,6,8-9H2. The number of halogens is 1. The molecule has 0 nitrogen and oxygen atoms in total. The smallest absolute Gasteiger partial charge is 0.0245 e. The number of rotatable bonds is 2. The lowest BCUT2D eigenvalue weighted by Gasteiger charge is -2.26. The third-order valence-electron chi connectivity index (χ3n) is 3.03. The summed E-state index contributed by atoms with van der Waals surface area (Å²) in [5.74, 6) is 0.583. The molecule has 1 aromatic carbocycles. The Kier molecular flexibility index (Phi) is 3.07. The molecule has 0 bridgehead atoms. The quantitative estimate of drug-likeness (QED) is 0.549. The van der Waals surface area contributed by atoms with E-state index in [0.717, 1.165) is 5.33 Å². The summed E-state index contributed by atoms with van der Waals surface area (Å²) in [6, 6.07) is 8.78.